The third kappa shape index (κ3) is 4.92. The minimum absolute atomic E-state index is 0.324. The van der Waals surface area contributed by atoms with Gasteiger partial charge in [-0.05, 0) is 50.1 Å². The Morgan fingerprint density at radius 2 is 1.75 bits per heavy atom. The molecule has 0 aromatic heterocycles. The largest absolute Gasteiger partial charge is 0.396 e. The number of nitrogens with one attached hydrogen (secondary N) is 1. The zero-order chi connectivity index (χ0) is 14.0. The van der Waals surface area contributed by atoms with Gasteiger partial charge in [0.25, 0.3) is 0 Å². The van der Waals surface area contributed by atoms with Crippen LogP contribution in [0.5, 0.6) is 0 Å². The van der Waals surface area contributed by atoms with Gasteiger partial charge in [-0.1, -0.05) is 49.6 Å². The lowest BCUT2D eigenvalue weighted by atomic mass is 9.81. The summed E-state index contributed by atoms with van der Waals surface area (Å²) < 4.78 is 0. The number of hydrogen-bond acceptors (Lipinski definition) is 2. The summed E-state index contributed by atoms with van der Waals surface area (Å²) >= 11 is 0. The quantitative estimate of drug-likeness (QED) is 0.701. The van der Waals surface area contributed by atoms with E-state index in [4.69, 9.17) is 5.11 Å². The van der Waals surface area contributed by atoms with Crippen LogP contribution in [-0.2, 0) is 0 Å². The molecule has 0 spiro atoms. The Hall–Kier alpha value is -0.860. The van der Waals surface area contributed by atoms with Crippen LogP contribution in [0, 0.1) is 5.92 Å². The first-order valence-electron chi connectivity index (χ1n) is 8.31. The van der Waals surface area contributed by atoms with E-state index in [0.29, 0.717) is 12.6 Å². The summed E-state index contributed by atoms with van der Waals surface area (Å²) in [6.45, 7) is 1.39. The predicted molar refractivity (Wildman–Crippen MR) is 84.7 cm³/mol. The first kappa shape index (κ1) is 15.5. The second kappa shape index (κ2) is 9.15. The van der Waals surface area contributed by atoms with Crippen molar-refractivity contribution in [3.05, 3.63) is 35.9 Å². The highest BCUT2D eigenvalue weighted by Gasteiger charge is 2.24. The van der Waals surface area contributed by atoms with Crippen LogP contribution in [0.2, 0.25) is 0 Å². The van der Waals surface area contributed by atoms with Crippen molar-refractivity contribution in [1.82, 2.24) is 5.32 Å². The van der Waals surface area contributed by atoms with Gasteiger partial charge >= 0.3 is 0 Å². The number of aliphatic hydroxyl groups excluding tert-OH is 1. The molecule has 2 heteroatoms. The Labute approximate surface area is 123 Å². The fourth-order valence-electron chi connectivity index (χ4n) is 3.36. The Kier molecular flexibility index (Phi) is 7.10. The molecule has 1 unspecified atom stereocenters. The second-order valence-electron chi connectivity index (χ2n) is 6.02. The van der Waals surface area contributed by atoms with E-state index < -0.39 is 0 Å². The Bertz CT molecular complexity index is 346. The molecule has 0 saturated heterocycles. The molecule has 112 valence electrons. The molecule has 1 aromatic rings. The van der Waals surface area contributed by atoms with Gasteiger partial charge in [0, 0.05) is 12.6 Å². The second-order valence-corrected chi connectivity index (χ2v) is 6.02. The molecule has 1 aliphatic rings. The number of rotatable bonds is 8. The van der Waals surface area contributed by atoms with Gasteiger partial charge in [0.1, 0.15) is 0 Å². The first-order chi connectivity index (χ1) is 9.92. The van der Waals surface area contributed by atoms with E-state index in [1.807, 2.05) is 0 Å². The lowest BCUT2D eigenvalue weighted by molar-refractivity contribution is 0.265. The van der Waals surface area contributed by atoms with E-state index in [-0.39, 0.29) is 0 Å². The van der Waals surface area contributed by atoms with Crippen molar-refractivity contribution in [2.75, 3.05) is 13.2 Å². The third-order valence-electron chi connectivity index (χ3n) is 4.48. The van der Waals surface area contributed by atoms with Crippen LogP contribution in [0.1, 0.15) is 63.0 Å². The fraction of sp³-hybridized carbons (Fsp3) is 0.667. The van der Waals surface area contributed by atoms with Crippen molar-refractivity contribution in [2.45, 2.75) is 57.4 Å². The molecule has 0 amide bonds. The van der Waals surface area contributed by atoms with Crippen LogP contribution in [0.4, 0.5) is 0 Å². The lowest BCUT2D eigenvalue weighted by Gasteiger charge is -2.31. The molecular weight excluding hydrogens is 246 g/mol. The van der Waals surface area contributed by atoms with E-state index in [9.17, 15) is 0 Å². The van der Waals surface area contributed by atoms with E-state index in [1.165, 1.54) is 37.7 Å². The van der Waals surface area contributed by atoms with Gasteiger partial charge in [0.15, 0.2) is 0 Å². The number of hydrogen-bond donors (Lipinski definition) is 2. The van der Waals surface area contributed by atoms with Gasteiger partial charge in [-0.15, -0.1) is 0 Å². The van der Waals surface area contributed by atoms with Crippen LogP contribution >= 0.6 is 0 Å². The molecule has 20 heavy (non-hydrogen) atoms. The molecule has 2 N–H and O–H groups in total. The summed E-state index contributed by atoms with van der Waals surface area (Å²) in [5.41, 5.74) is 1.45. The van der Waals surface area contributed by atoms with Crippen LogP contribution in [-0.4, -0.2) is 18.3 Å². The molecule has 2 rings (SSSR count). The van der Waals surface area contributed by atoms with Gasteiger partial charge in [-0.2, -0.15) is 0 Å². The standard InChI is InChI=1S/C18H29NO/c20-15-9-3-8-14-19-18(16-10-4-1-5-11-16)17-12-6-2-7-13-17/h1,4-5,10-11,17-20H,2-3,6-9,12-15H2. The third-order valence-corrected chi connectivity index (χ3v) is 4.48. The van der Waals surface area contributed by atoms with Gasteiger partial charge in [-0.3, -0.25) is 0 Å². The Balaban J connectivity index is 1.90. The Morgan fingerprint density at radius 3 is 2.45 bits per heavy atom. The smallest absolute Gasteiger partial charge is 0.0431 e. The molecular formula is C18H29NO. The molecule has 1 fully saturated rings. The molecule has 0 heterocycles. The van der Waals surface area contributed by atoms with Gasteiger partial charge < -0.3 is 10.4 Å². The molecule has 0 radical (unpaired) electrons. The predicted octanol–water partition coefficient (Wildman–Crippen LogP) is 4.06. The molecule has 1 aromatic carbocycles. The van der Waals surface area contributed by atoms with E-state index in [2.05, 4.69) is 35.6 Å². The van der Waals surface area contributed by atoms with Crippen molar-refractivity contribution in [1.29, 1.82) is 0 Å². The molecule has 0 aliphatic heterocycles. The zero-order valence-corrected chi connectivity index (χ0v) is 12.6. The minimum atomic E-state index is 0.324. The normalized spacial score (nSPS) is 18.1. The maximum atomic E-state index is 8.84. The summed E-state index contributed by atoms with van der Waals surface area (Å²) in [4.78, 5) is 0. The summed E-state index contributed by atoms with van der Waals surface area (Å²) in [7, 11) is 0. The maximum absolute atomic E-state index is 8.84. The SMILES string of the molecule is OCCCCCNC(c1ccccc1)C1CCCCC1. The summed E-state index contributed by atoms with van der Waals surface area (Å²) in [6, 6.07) is 11.4. The summed E-state index contributed by atoms with van der Waals surface area (Å²) in [6.07, 6.45) is 10.1. The lowest BCUT2D eigenvalue weighted by Crippen LogP contribution is -2.30. The van der Waals surface area contributed by atoms with Crippen molar-refractivity contribution in [2.24, 2.45) is 5.92 Å². The number of aliphatic hydroxyl groups is 1. The number of benzene rings is 1. The highest BCUT2D eigenvalue weighted by Crippen LogP contribution is 2.34. The average Bonchev–Trinajstić information content (AvgIpc) is 2.53. The van der Waals surface area contributed by atoms with Gasteiger partial charge in [0.2, 0.25) is 0 Å². The first-order valence-corrected chi connectivity index (χ1v) is 8.31. The van der Waals surface area contributed by atoms with Crippen molar-refractivity contribution in [3.63, 3.8) is 0 Å². The van der Waals surface area contributed by atoms with Crippen molar-refractivity contribution in [3.8, 4) is 0 Å². The molecule has 2 nitrogen and oxygen atoms in total. The fourth-order valence-corrected chi connectivity index (χ4v) is 3.36. The molecule has 1 atom stereocenters. The van der Waals surface area contributed by atoms with Crippen LogP contribution in [0.15, 0.2) is 30.3 Å². The molecule has 1 saturated carbocycles. The summed E-state index contributed by atoms with van der Waals surface area (Å²) in [5, 5.41) is 12.6. The monoisotopic (exact) mass is 275 g/mol. The van der Waals surface area contributed by atoms with E-state index in [0.717, 1.165) is 31.7 Å². The van der Waals surface area contributed by atoms with Gasteiger partial charge in [-0.25, -0.2) is 0 Å². The topological polar surface area (TPSA) is 32.3 Å². The average molecular weight is 275 g/mol. The summed E-state index contributed by atoms with van der Waals surface area (Å²) in [5.74, 6) is 0.795. The maximum Gasteiger partial charge on any atom is 0.0431 e. The molecule has 1 aliphatic carbocycles. The van der Waals surface area contributed by atoms with Crippen LogP contribution in [0.3, 0.4) is 0 Å². The van der Waals surface area contributed by atoms with Crippen molar-refractivity contribution >= 4 is 0 Å². The molecule has 0 bridgehead atoms. The van der Waals surface area contributed by atoms with Crippen LogP contribution < -0.4 is 5.32 Å². The number of unbranched alkanes of at least 4 members (excludes halogenated alkanes) is 2. The van der Waals surface area contributed by atoms with Crippen molar-refractivity contribution < 1.29 is 5.11 Å². The Morgan fingerprint density at radius 1 is 1.00 bits per heavy atom. The van der Waals surface area contributed by atoms with E-state index in [1.54, 1.807) is 0 Å². The minimum Gasteiger partial charge on any atom is -0.396 e. The van der Waals surface area contributed by atoms with Gasteiger partial charge in [0.05, 0.1) is 0 Å². The highest BCUT2D eigenvalue weighted by molar-refractivity contribution is 5.19. The van der Waals surface area contributed by atoms with E-state index >= 15 is 0 Å². The van der Waals surface area contributed by atoms with Crippen LogP contribution in [0.25, 0.3) is 0 Å². The zero-order valence-electron chi connectivity index (χ0n) is 12.6. The highest BCUT2D eigenvalue weighted by atomic mass is 16.2.